The number of hydrogen-bond acceptors (Lipinski definition) is 1. The van der Waals surface area contributed by atoms with E-state index in [-0.39, 0.29) is 0 Å². The van der Waals surface area contributed by atoms with E-state index in [1.165, 1.54) is 5.56 Å². The molecule has 0 saturated carbocycles. The highest BCUT2D eigenvalue weighted by molar-refractivity contribution is 7.80. The van der Waals surface area contributed by atoms with Crippen molar-refractivity contribution >= 4 is 34.6 Å². The number of hydrogen-bond donors (Lipinski definition) is 1. The zero-order valence-corrected chi connectivity index (χ0v) is 14.1. The summed E-state index contributed by atoms with van der Waals surface area (Å²) in [5.41, 5.74) is 3.53. The van der Waals surface area contributed by atoms with Gasteiger partial charge in [0.2, 0.25) is 0 Å². The summed E-state index contributed by atoms with van der Waals surface area (Å²) in [5.74, 6) is 0.557. The predicted molar refractivity (Wildman–Crippen MR) is 97.8 cm³/mol. The fraction of sp³-hybridized carbons (Fsp3) is 0.278. The summed E-state index contributed by atoms with van der Waals surface area (Å²) < 4.78 is 0. The third-order valence-corrected chi connectivity index (χ3v) is 4.78. The van der Waals surface area contributed by atoms with Crippen LogP contribution in [-0.2, 0) is 0 Å². The zero-order valence-electron chi connectivity index (χ0n) is 12.6. The summed E-state index contributed by atoms with van der Waals surface area (Å²) in [6.45, 7) is 4.01. The number of nitrogens with zero attached hydrogens (tertiary/aromatic N) is 1. The van der Waals surface area contributed by atoms with E-state index in [1.54, 1.807) is 0 Å². The molecule has 1 atom stereocenters. The largest absolute Gasteiger partial charge is 0.348 e. The van der Waals surface area contributed by atoms with Crippen molar-refractivity contribution in [1.82, 2.24) is 4.90 Å². The third kappa shape index (κ3) is 3.42. The number of aryl methyl sites for hydroxylation is 1. The van der Waals surface area contributed by atoms with Gasteiger partial charge >= 0.3 is 0 Å². The minimum absolute atomic E-state index is 0.557. The van der Waals surface area contributed by atoms with Gasteiger partial charge in [0, 0.05) is 29.7 Å². The highest BCUT2D eigenvalue weighted by Gasteiger charge is 2.25. The molecular weight excluding hydrogens is 312 g/mol. The molecule has 114 valence electrons. The maximum Gasteiger partial charge on any atom is 0.173 e. The SMILES string of the molecule is Cc1ccc(Cl)cc1NC(=S)N1CC[C@@H](c2ccccc2)C1. The van der Waals surface area contributed by atoms with E-state index >= 15 is 0 Å². The van der Waals surface area contributed by atoms with Crippen molar-refractivity contribution in [3.63, 3.8) is 0 Å². The van der Waals surface area contributed by atoms with Crippen LogP contribution in [0, 0.1) is 6.92 Å². The van der Waals surface area contributed by atoms with Gasteiger partial charge in [-0.15, -0.1) is 0 Å². The summed E-state index contributed by atoms with van der Waals surface area (Å²) in [6, 6.07) is 16.5. The molecule has 0 amide bonds. The first-order valence-electron chi connectivity index (χ1n) is 7.50. The molecule has 22 heavy (non-hydrogen) atoms. The highest BCUT2D eigenvalue weighted by Crippen LogP contribution is 2.28. The molecule has 1 aliphatic heterocycles. The predicted octanol–water partition coefficient (Wildman–Crippen LogP) is 4.83. The summed E-state index contributed by atoms with van der Waals surface area (Å²) in [6.07, 6.45) is 1.14. The smallest absolute Gasteiger partial charge is 0.173 e. The van der Waals surface area contributed by atoms with Gasteiger partial charge in [0.05, 0.1) is 0 Å². The van der Waals surface area contributed by atoms with Crippen LogP contribution in [0.25, 0.3) is 0 Å². The van der Waals surface area contributed by atoms with Crippen LogP contribution in [-0.4, -0.2) is 23.1 Å². The number of benzene rings is 2. The molecule has 1 saturated heterocycles. The van der Waals surface area contributed by atoms with Gasteiger partial charge in [0.15, 0.2) is 5.11 Å². The summed E-state index contributed by atoms with van der Waals surface area (Å²) in [7, 11) is 0. The molecule has 1 fully saturated rings. The quantitative estimate of drug-likeness (QED) is 0.794. The highest BCUT2D eigenvalue weighted by atomic mass is 35.5. The standard InChI is InChI=1S/C18H19ClN2S/c1-13-7-8-16(19)11-17(13)20-18(22)21-10-9-15(12-21)14-5-3-2-4-6-14/h2-8,11,15H,9-10,12H2,1H3,(H,20,22)/t15-/m1/s1. The van der Waals surface area contributed by atoms with Gasteiger partial charge in [-0.25, -0.2) is 0 Å². The summed E-state index contributed by atoms with van der Waals surface area (Å²) >= 11 is 11.6. The molecule has 1 N–H and O–H groups in total. The van der Waals surface area contributed by atoms with Crippen LogP contribution in [0.2, 0.25) is 5.02 Å². The van der Waals surface area contributed by atoms with Gasteiger partial charge in [0.25, 0.3) is 0 Å². The van der Waals surface area contributed by atoms with Crippen LogP contribution in [0.5, 0.6) is 0 Å². The molecule has 1 aliphatic rings. The lowest BCUT2D eigenvalue weighted by Crippen LogP contribution is -2.32. The number of halogens is 1. The topological polar surface area (TPSA) is 15.3 Å². The van der Waals surface area contributed by atoms with Crippen LogP contribution < -0.4 is 5.32 Å². The average molecular weight is 331 g/mol. The lowest BCUT2D eigenvalue weighted by atomic mass is 9.99. The van der Waals surface area contributed by atoms with Gasteiger partial charge in [0.1, 0.15) is 0 Å². The molecule has 2 nitrogen and oxygen atoms in total. The van der Waals surface area contributed by atoms with Crippen molar-refractivity contribution in [2.45, 2.75) is 19.3 Å². The molecule has 0 spiro atoms. The normalized spacial score (nSPS) is 17.5. The van der Waals surface area contributed by atoms with Gasteiger partial charge in [-0.05, 0) is 48.8 Å². The number of likely N-dealkylation sites (tertiary alicyclic amines) is 1. The van der Waals surface area contributed by atoms with Gasteiger partial charge in [-0.2, -0.15) is 0 Å². The van der Waals surface area contributed by atoms with Crippen LogP contribution in [0.1, 0.15) is 23.5 Å². The minimum atomic E-state index is 0.557. The van der Waals surface area contributed by atoms with Crippen molar-refractivity contribution in [3.8, 4) is 0 Å². The average Bonchev–Trinajstić information content (AvgIpc) is 3.02. The molecule has 3 rings (SSSR count). The minimum Gasteiger partial charge on any atom is -0.348 e. The zero-order chi connectivity index (χ0) is 15.5. The molecule has 0 unspecified atom stereocenters. The van der Waals surface area contributed by atoms with Gasteiger partial charge in [-0.1, -0.05) is 48.0 Å². The second kappa shape index (κ2) is 6.67. The molecule has 4 heteroatoms. The van der Waals surface area contributed by atoms with Crippen LogP contribution in [0.4, 0.5) is 5.69 Å². The molecule has 1 heterocycles. The van der Waals surface area contributed by atoms with Crippen molar-refractivity contribution in [2.75, 3.05) is 18.4 Å². The molecule has 0 aliphatic carbocycles. The number of anilines is 1. The van der Waals surface area contributed by atoms with Crippen molar-refractivity contribution in [1.29, 1.82) is 0 Å². The Balaban J connectivity index is 1.66. The number of thiocarbonyl (C=S) groups is 1. The Kier molecular flexibility index (Phi) is 4.65. The second-order valence-electron chi connectivity index (χ2n) is 5.73. The van der Waals surface area contributed by atoms with E-state index in [0.717, 1.165) is 40.9 Å². The number of nitrogens with one attached hydrogen (secondary N) is 1. The molecule has 0 bridgehead atoms. The van der Waals surface area contributed by atoms with Crippen molar-refractivity contribution in [3.05, 3.63) is 64.7 Å². The second-order valence-corrected chi connectivity index (χ2v) is 6.55. The first-order valence-corrected chi connectivity index (χ1v) is 8.29. The molecule has 0 aromatic heterocycles. The Morgan fingerprint density at radius 2 is 2.00 bits per heavy atom. The summed E-state index contributed by atoms with van der Waals surface area (Å²) in [4.78, 5) is 2.24. The van der Waals surface area contributed by atoms with Crippen LogP contribution in [0.3, 0.4) is 0 Å². The Bertz CT molecular complexity index is 672. The Morgan fingerprint density at radius 1 is 1.23 bits per heavy atom. The molecule has 2 aromatic rings. The van der Waals surface area contributed by atoms with Gasteiger partial charge < -0.3 is 10.2 Å². The van der Waals surface area contributed by atoms with E-state index in [4.69, 9.17) is 23.8 Å². The summed E-state index contributed by atoms with van der Waals surface area (Å²) in [5, 5.41) is 4.84. The maximum absolute atomic E-state index is 6.07. The Labute approximate surface area is 142 Å². The molecular formula is C18H19ClN2S. The maximum atomic E-state index is 6.07. The Hall–Kier alpha value is -1.58. The number of rotatable bonds is 2. The van der Waals surface area contributed by atoms with Crippen LogP contribution in [0.15, 0.2) is 48.5 Å². The Morgan fingerprint density at radius 3 is 2.77 bits per heavy atom. The van der Waals surface area contributed by atoms with E-state index in [9.17, 15) is 0 Å². The molecule has 0 radical (unpaired) electrons. The van der Waals surface area contributed by atoms with Crippen LogP contribution >= 0.6 is 23.8 Å². The van der Waals surface area contributed by atoms with E-state index < -0.39 is 0 Å². The monoisotopic (exact) mass is 330 g/mol. The van der Waals surface area contributed by atoms with E-state index in [1.807, 2.05) is 18.2 Å². The fourth-order valence-electron chi connectivity index (χ4n) is 2.87. The third-order valence-electron chi connectivity index (χ3n) is 4.19. The van der Waals surface area contributed by atoms with Crippen molar-refractivity contribution < 1.29 is 0 Å². The first kappa shape index (κ1) is 15.3. The fourth-order valence-corrected chi connectivity index (χ4v) is 3.31. The molecule has 2 aromatic carbocycles. The van der Waals surface area contributed by atoms with E-state index in [2.05, 4.69) is 47.5 Å². The van der Waals surface area contributed by atoms with Crippen molar-refractivity contribution in [2.24, 2.45) is 0 Å². The first-order chi connectivity index (χ1) is 10.6. The van der Waals surface area contributed by atoms with Gasteiger partial charge in [-0.3, -0.25) is 0 Å². The lowest BCUT2D eigenvalue weighted by Gasteiger charge is -2.21. The lowest BCUT2D eigenvalue weighted by molar-refractivity contribution is 0.518. The van der Waals surface area contributed by atoms with E-state index in [0.29, 0.717) is 5.92 Å².